The molecule has 4 aromatic heterocycles. The first-order valence-electron chi connectivity index (χ1n) is 14.0. The van der Waals surface area contributed by atoms with Crippen molar-refractivity contribution in [1.29, 1.82) is 0 Å². The van der Waals surface area contributed by atoms with Gasteiger partial charge in [-0.15, -0.1) is 5.10 Å². The smallest absolute Gasteiger partial charge is 0.137 e. The van der Waals surface area contributed by atoms with Crippen LogP contribution < -0.4 is 10.6 Å². The molecule has 1 unspecified atom stereocenters. The van der Waals surface area contributed by atoms with Crippen LogP contribution >= 0.6 is 0 Å². The molecule has 8 rings (SSSR count). The van der Waals surface area contributed by atoms with E-state index in [0.717, 1.165) is 72.6 Å². The number of nitrogens with two attached hydrogens (primary N) is 1. The third-order valence-corrected chi connectivity index (χ3v) is 9.27. The number of imidazole rings is 1. The molecule has 1 atom stereocenters. The van der Waals surface area contributed by atoms with Crippen molar-refractivity contribution in [2.45, 2.75) is 76.0 Å². The van der Waals surface area contributed by atoms with E-state index in [0.29, 0.717) is 25.8 Å². The number of alkyl halides is 1. The molecule has 4 fully saturated rings. The van der Waals surface area contributed by atoms with Gasteiger partial charge in [-0.05, 0) is 80.9 Å². The Kier molecular flexibility index (Phi) is 5.72. The van der Waals surface area contributed by atoms with Crippen LogP contribution in [-0.4, -0.2) is 48.1 Å². The Bertz CT molecular complexity index is 1430. The third-order valence-electron chi connectivity index (χ3n) is 9.27. The van der Waals surface area contributed by atoms with Crippen LogP contribution in [0.3, 0.4) is 0 Å². The summed E-state index contributed by atoms with van der Waals surface area (Å²) in [4.78, 5) is 11.6. The molecule has 198 valence electrons. The molecule has 9 heteroatoms. The highest BCUT2D eigenvalue weighted by atomic mass is 19.1. The molecule has 3 aliphatic carbocycles. The van der Waals surface area contributed by atoms with E-state index in [-0.39, 0.29) is 11.5 Å². The van der Waals surface area contributed by atoms with Gasteiger partial charge >= 0.3 is 0 Å². The highest BCUT2D eigenvalue weighted by Crippen LogP contribution is 2.56. The van der Waals surface area contributed by atoms with E-state index in [1.165, 1.54) is 12.8 Å². The molecule has 1 aliphatic heterocycles. The molecular formula is C29H35FN8. The topological polar surface area (TPSA) is 90.2 Å². The van der Waals surface area contributed by atoms with Crippen molar-refractivity contribution in [3.63, 3.8) is 0 Å². The summed E-state index contributed by atoms with van der Waals surface area (Å²) in [6, 6.07) is 6.22. The highest BCUT2D eigenvalue weighted by molar-refractivity contribution is 5.63. The largest absolute Gasteiger partial charge is 0.370 e. The average Bonchev–Trinajstić information content (AvgIpc) is 3.71. The van der Waals surface area contributed by atoms with E-state index in [1.54, 1.807) is 0 Å². The van der Waals surface area contributed by atoms with Crippen LogP contribution in [0.2, 0.25) is 0 Å². The maximum atomic E-state index is 14.6. The predicted octanol–water partition coefficient (Wildman–Crippen LogP) is 5.09. The molecular weight excluding hydrogens is 479 g/mol. The van der Waals surface area contributed by atoms with Crippen molar-refractivity contribution in [3.8, 4) is 11.3 Å². The summed E-state index contributed by atoms with van der Waals surface area (Å²) in [5.74, 6) is 0. The van der Waals surface area contributed by atoms with Gasteiger partial charge in [0.05, 0.1) is 30.3 Å². The van der Waals surface area contributed by atoms with Crippen molar-refractivity contribution in [2.75, 3.05) is 18.0 Å². The van der Waals surface area contributed by atoms with Crippen LogP contribution in [0.25, 0.3) is 16.9 Å². The lowest BCUT2D eigenvalue weighted by atomic mass is 9.57. The van der Waals surface area contributed by atoms with E-state index >= 15 is 0 Å². The molecule has 0 amide bonds. The molecule has 0 spiro atoms. The van der Waals surface area contributed by atoms with Crippen LogP contribution in [0.4, 0.5) is 10.1 Å². The molecule has 38 heavy (non-hydrogen) atoms. The Balaban J connectivity index is 1.05. The fourth-order valence-electron chi connectivity index (χ4n) is 6.86. The zero-order chi connectivity index (χ0) is 25.7. The summed E-state index contributed by atoms with van der Waals surface area (Å²) >= 11 is 0. The molecule has 0 radical (unpaired) electrons. The quantitative estimate of drug-likeness (QED) is 0.370. The molecule has 0 aromatic carbocycles. The zero-order valence-corrected chi connectivity index (χ0v) is 21.8. The van der Waals surface area contributed by atoms with Gasteiger partial charge in [0.1, 0.15) is 17.0 Å². The fraction of sp³-hybridized carbons (Fsp3) is 0.517. The van der Waals surface area contributed by atoms with E-state index in [1.807, 2.05) is 35.5 Å². The van der Waals surface area contributed by atoms with Crippen LogP contribution in [0.5, 0.6) is 0 Å². The van der Waals surface area contributed by atoms with Gasteiger partial charge in [-0.25, -0.2) is 14.1 Å². The Morgan fingerprint density at radius 3 is 2.55 bits per heavy atom. The summed E-state index contributed by atoms with van der Waals surface area (Å²) in [6.45, 7) is 2.70. The predicted molar refractivity (Wildman–Crippen MR) is 145 cm³/mol. The number of aromatic nitrogens is 6. The van der Waals surface area contributed by atoms with Gasteiger partial charge in [-0.3, -0.25) is 4.98 Å². The second-order valence-corrected chi connectivity index (χ2v) is 11.8. The van der Waals surface area contributed by atoms with E-state index < -0.39 is 5.67 Å². The first-order chi connectivity index (χ1) is 18.5. The number of anilines is 1. The number of hydrogen-bond donors (Lipinski definition) is 1. The molecule has 4 aromatic rings. The van der Waals surface area contributed by atoms with Crippen LogP contribution in [-0.2, 0) is 6.54 Å². The zero-order valence-electron chi connectivity index (χ0n) is 21.8. The summed E-state index contributed by atoms with van der Waals surface area (Å²) in [6.07, 6.45) is 18.3. The van der Waals surface area contributed by atoms with Gasteiger partial charge in [-0.2, -0.15) is 0 Å². The minimum absolute atomic E-state index is 0.0572. The van der Waals surface area contributed by atoms with E-state index in [2.05, 4.69) is 42.9 Å². The van der Waals surface area contributed by atoms with Crippen LogP contribution in [0.1, 0.15) is 75.1 Å². The standard InChI is InChI=1S/C29H35FN8/c30-29-8-5-28(6-9-29,7-10-29)14-25(31)21-3-4-27-33-23(18-37(27)17-21)19-38-20-26(34-35-38)22-13-24(16-32-15-22)36-11-1-2-12-36/h3-4,13,15-18,20,25H,1-2,5-12,14,19,31H2. The Labute approximate surface area is 222 Å². The molecule has 1 saturated heterocycles. The van der Waals surface area contributed by atoms with Crippen molar-refractivity contribution in [1.82, 2.24) is 29.4 Å². The van der Waals surface area contributed by atoms with E-state index in [4.69, 9.17) is 10.7 Å². The maximum Gasteiger partial charge on any atom is 0.137 e. The van der Waals surface area contributed by atoms with Crippen molar-refractivity contribution < 1.29 is 4.39 Å². The summed E-state index contributed by atoms with van der Waals surface area (Å²) in [7, 11) is 0. The molecule has 2 N–H and O–H groups in total. The Morgan fingerprint density at radius 2 is 1.76 bits per heavy atom. The Hall–Kier alpha value is -3.33. The van der Waals surface area contributed by atoms with Gasteiger partial charge in [0.15, 0.2) is 0 Å². The molecule has 8 nitrogen and oxygen atoms in total. The number of hydrogen-bond acceptors (Lipinski definition) is 6. The summed E-state index contributed by atoms with van der Waals surface area (Å²) in [5, 5.41) is 8.75. The van der Waals surface area contributed by atoms with Crippen molar-refractivity contribution in [3.05, 3.63) is 60.4 Å². The van der Waals surface area contributed by atoms with Crippen LogP contribution in [0.15, 0.2) is 49.2 Å². The van der Waals surface area contributed by atoms with Crippen LogP contribution in [0, 0.1) is 5.41 Å². The third kappa shape index (κ3) is 4.46. The average molecular weight is 515 g/mol. The number of nitrogens with zero attached hydrogens (tertiary/aromatic N) is 7. The fourth-order valence-corrected chi connectivity index (χ4v) is 6.86. The second kappa shape index (κ2) is 9.15. The number of pyridine rings is 2. The highest BCUT2D eigenvalue weighted by Gasteiger charge is 2.49. The summed E-state index contributed by atoms with van der Waals surface area (Å²) in [5.41, 5.74) is 11.8. The SMILES string of the molecule is NC(CC12CCC(F)(CC1)CC2)c1ccc2nc(Cn3cc(-c4cncc(N5CCCC5)c4)nn3)cn2c1. The van der Waals surface area contributed by atoms with Crippen molar-refractivity contribution in [2.24, 2.45) is 11.1 Å². The van der Waals surface area contributed by atoms with Gasteiger partial charge in [0.2, 0.25) is 0 Å². The number of rotatable bonds is 7. The lowest BCUT2D eigenvalue weighted by Crippen LogP contribution is -2.44. The maximum absolute atomic E-state index is 14.6. The monoisotopic (exact) mass is 514 g/mol. The lowest BCUT2D eigenvalue weighted by molar-refractivity contribution is -0.0415. The van der Waals surface area contributed by atoms with Gasteiger partial charge in [-0.1, -0.05) is 11.3 Å². The van der Waals surface area contributed by atoms with Gasteiger partial charge in [0, 0.05) is 43.3 Å². The number of fused-ring (bicyclic) bond motifs is 4. The molecule has 5 heterocycles. The summed E-state index contributed by atoms with van der Waals surface area (Å²) < 4.78 is 18.5. The first kappa shape index (κ1) is 23.8. The normalized spacial score (nSPS) is 25.9. The van der Waals surface area contributed by atoms with Gasteiger partial charge < -0.3 is 15.0 Å². The minimum Gasteiger partial charge on any atom is -0.370 e. The van der Waals surface area contributed by atoms with Gasteiger partial charge in [0.25, 0.3) is 0 Å². The number of halogens is 1. The molecule has 3 saturated carbocycles. The van der Waals surface area contributed by atoms with E-state index in [9.17, 15) is 4.39 Å². The lowest BCUT2D eigenvalue weighted by Gasteiger charge is -2.50. The minimum atomic E-state index is -0.905. The molecule has 2 bridgehead atoms. The second-order valence-electron chi connectivity index (χ2n) is 11.8. The Morgan fingerprint density at radius 1 is 0.974 bits per heavy atom. The first-order valence-corrected chi connectivity index (χ1v) is 14.0. The molecule has 4 aliphatic rings. The van der Waals surface area contributed by atoms with Crippen molar-refractivity contribution >= 4 is 11.3 Å².